The first-order valence-corrected chi connectivity index (χ1v) is 10.3. The molecule has 3 unspecified atom stereocenters. The molecule has 1 aliphatic carbocycles. The molecular weight excluding hydrogens is 402 g/mol. The second kappa shape index (κ2) is 8.04. The van der Waals surface area contributed by atoms with Crippen LogP contribution in [-0.4, -0.2) is 66.9 Å². The largest absolute Gasteiger partial charge is 0.497 e. The molecular formula is C21H25N5O5. The number of hydrogen-bond donors (Lipinski definition) is 4. The third kappa shape index (κ3) is 3.61. The minimum Gasteiger partial charge on any atom is -0.497 e. The maximum Gasteiger partial charge on any atom is 0.167 e. The predicted molar refractivity (Wildman–Crippen MR) is 110 cm³/mol. The maximum atomic E-state index is 10.4. The van der Waals surface area contributed by atoms with Gasteiger partial charge in [-0.25, -0.2) is 15.0 Å². The van der Waals surface area contributed by atoms with Crippen LogP contribution in [-0.2, 0) is 4.74 Å². The zero-order chi connectivity index (χ0) is 21.5. The maximum absolute atomic E-state index is 10.4. The minimum atomic E-state index is -1.21. The summed E-state index contributed by atoms with van der Waals surface area (Å²) >= 11 is 0. The van der Waals surface area contributed by atoms with Crippen molar-refractivity contribution >= 4 is 17.0 Å². The van der Waals surface area contributed by atoms with E-state index in [1.165, 1.54) is 12.7 Å². The van der Waals surface area contributed by atoms with Gasteiger partial charge in [-0.3, -0.25) is 4.57 Å². The SMILES string of the molecule is COc1ccc(C(Nc2ncnc3c2ncn3[C@@H]2O[C@H](CO)C(O)C2O)C2CC2)cc1. The van der Waals surface area contributed by atoms with Crippen molar-refractivity contribution in [1.29, 1.82) is 0 Å². The van der Waals surface area contributed by atoms with Gasteiger partial charge in [0.2, 0.25) is 0 Å². The van der Waals surface area contributed by atoms with E-state index >= 15 is 0 Å². The highest BCUT2D eigenvalue weighted by Gasteiger charge is 2.44. The molecule has 3 heterocycles. The van der Waals surface area contributed by atoms with Gasteiger partial charge in [-0.2, -0.15) is 0 Å². The Morgan fingerprint density at radius 3 is 2.58 bits per heavy atom. The molecule has 1 saturated carbocycles. The van der Waals surface area contributed by atoms with Crippen molar-refractivity contribution in [1.82, 2.24) is 19.5 Å². The monoisotopic (exact) mass is 427 g/mol. The highest BCUT2D eigenvalue weighted by molar-refractivity contribution is 5.83. The van der Waals surface area contributed by atoms with Gasteiger partial charge >= 0.3 is 0 Å². The Kier molecular flexibility index (Phi) is 5.22. The number of hydrogen-bond acceptors (Lipinski definition) is 9. The molecule has 31 heavy (non-hydrogen) atoms. The quantitative estimate of drug-likeness (QED) is 0.436. The van der Waals surface area contributed by atoms with Crippen molar-refractivity contribution < 1.29 is 24.8 Å². The lowest BCUT2D eigenvalue weighted by Gasteiger charge is -2.20. The number of rotatable bonds is 7. The highest BCUT2D eigenvalue weighted by Crippen LogP contribution is 2.43. The molecule has 0 bridgehead atoms. The van der Waals surface area contributed by atoms with Gasteiger partial charge in [0.05, 0.1) is 26.1 Å². The Morgan fingerprint density at radius 1 is 1.16 bits per heavy atom. The summed E-state index contributed by atoms with van der Waals surface area (Å²) in [6, 6.07) is 8.05. The zero-order valence-corrected chi connectivity index (χ0v) is 17.0. The molecule has 5 rings (SSSR count). The summed E-state index contributed by atoms with van der Waals surface area (Å²) < 4.78 is 12.5. The molecule has 10 heteroatoms. The molecule has 2 fully saturated rings. The highest BCUT2D eigenvalue weighted by atomic mass is 16.6. The topological polar surface area (TPSA) is 135 Å². The van der Waals surface area contributed by atoms with Crippen LogP contribution < -0.4 is 10.1 Å². The first-order valence-electron chi connectivity index (χ1n) is 10.3. The third-order valence-corrected chi connectivity index (χ3v) is 6.01. The molecule has 4 N–H and O–H groups in total. The number of benzene rings is 1. The summed E-state index contributed by atoms with van der Waals surface area (Å²) in [6.07, 6.45) is 1.03. The van der Waals surface area contributed by atoms with Crippen LogP contribution in [0, 0.1) is 5.92 Å². The van der Waals surface area contributed by atoms with Gasteiger partial charge in [0, 0.05) is 0 Å². The van der Waals surface area contributed by atoms with Crippen LogP contribution in [0.2, 0.25) is 0 Å². The van der Waals surface area contributed by atoms with Crippen LogP contribution >= 0.6 is 0 Å². The van der Waals surface area contributed by atoms with Gasteiger partial charge in [0.25, 0.3) is 0 Å². The number of nitrogens with zero attached hydrogens (tertiary/aromatic N) is 4. The Balaban J connectivity index is 1.45. The number of fused-ring (bicyclic) bond motifs is 1. The summed E-state index contributed by atoms with van der Waals surface area (Å²) in [5.74, 6) is 1.89. The van der Waals surface area contributed by atoms with Crippen molar-refractivity contribution in [2.45, 2.75) is 43.4 Å². The van der Waals surface area contributed by atoms with E-state index in [-0.39, 0.29) is 6.04 Å². The van der Waals surface area contributed by atoms with E-state index in [1.807, 2.05) is 24.3 Å². The minimum absolute atomic E-state index is 0.0723. The van der Waals surface area contributed by atoms with E-state index in [9.17, 15) is 15.3 Å². The van der Waals surface area contributed by atoms with Gasteiger partial charge in [0.1, 0.15) is 30.4 Å². The number of nitrogens with one attached hydrogen (secondary N) is 1. The van der Waals surface area contributed by atoms with Gasteiger partial charge < -0.3 is 30.1 Å². The van der Waals surface area contributed by atoms with Crippen LogP contribution in [0.1, 0.15) is 30.7 Å². The lowest BCUT2D eigenvalue weighted by Crippen LogP contribution is -2.33. The average Bonchev–Trinajstić information content (AvgIpc) is 3.49. The van der Waals surface area contributed by atoms with E-state index in [4.69, 9.17) is 9.47 Å². The number of aromatic nitrogens is 4. The first-order chi connectivity index (χ1) is 15.1. The lowest BCUT2D eigenvalue weighted by molar-refractivity contribution is -0.0511. The Bertz CT molecular complexity index is 1050. The van der Waals surface area contributed by atoms with Crippen molar-refractivity contribution in [3.05, 3.63) is 42.5 Å². The molecule has 0 amide bonds. The van der Waals surface area contributed by atoms with E-state index in [0.717, 1.165) is 24.2 Å². The average molecular weight is 427 g/mol. The van der Waals surface area contributed by atoms with Crippen molar-refractivity contribution in [3.63, 3.8) is 0 Å². The summed E-state index contributed by atoms with van der Waals surface area (Å²) in [4.78, 5) is 13.2. The molecule has 0 spiro atoms. The summed E-state index contributed by atoms with van der Waals surface area (Å²) in [6.45, 7) is -0.395. The summed E-state index contributed by atoms with van der Waals surface area (Å²) in [5, 5.41) is 33.3. The predicted octanol–water partition coefficient (Wildman–Crippen LogP) is 1.01. The molecule has 2 aromatic heterocycles. The number of aliphatic hydroxyl groups is 3. The Hall–Kier alpha value is -2.79. The van der Waals surface area contributed by atoms with Gasteiger partial charge in [-0.15, -0.1) is 0 Å². The third-order valence-electron chi connectivity index (χ3n) is 6.01. The van der Waals surface area contributed by atoms with Crippen LogP contribution in [0.3, 0.4) is 0 Å². The fourth-order valence-corrected chi connectivity index (χ4v) is 4.12. The van der Waals surface area contributed by atoms with E-state index in [1.54, 1.807) is 11.7 Å². The Labute approximate surface area is 178 Å². The second-order valence-corrected chi connectivity index (χ2v) is 8.01. The molecule has 164 valence electrons. The van der Waals surface area contributed by atoms with Gasteiger partial charge in [0.15, 0.2) is 23.2 Å². The molecule has 1 aromatic carbocycles. The van der Waals surface area contributed by atoms with E-state index in [2.05, 4.69) is 20.3 Å². The van der Waals surface area contributed by atoms with Crippen LogP contribution in [0.15, 0.2) is 36.9 Å². The number of aliphatic hydroxyl groups excluding tert-OH is 3. The fraction of sp³-hybridized carbons (Fsp3) is 0.476. The summed E-state index contributed by atoms with van der Waals surface area (Å²) in [5.41, 5.74) is 2.15. The first kappa shape index (κ1) is 20.1. The number of anilines is 1. The standard InChI is InChI=1S/C21H25N5O5/c1-30-13-6-4-12(5-7-13)15(11-2-3-11)25-19-16-20(23-9-22-19)26(10-24-16)21-18(29)17(28)14(8-27)31-21/h4-7,9-11,14-15,17-18,21,27-29H,2-3,8H2,1H3,(H,22,23,25)/t14-,15?,17?,18?,21-/m1/s1. The van der Waals surface area contributed by atoms with E-state index < -0.39 is 31.1 Å². The molecule has 1 aliphatic heterocycles. The molecule has 1 saturated heterocycles. The number of imidazole rings is 1. The summed E-state index contributed by atoms with van der Waals surface area (Å²) in [7, 11) is 1.65. The fourth-order valence-electron chi connectivity index (χ4n) is 4.12. The number of ether oxygens (including phenoxy) is 2. The second-order valence-electron chi connectivity index (χ2n) is 8.01. The Morgan fingerprint density at radius 2 is 1.94 bits per heavy atom. The molecule has 10 nitrogen and oxygen atoms in total. The molecule has 3 aromatic rings. The molecule has 5 atom stereocenters. The molecule has 0 radical (unpaired) electrons. The van der Waals surface area contributed by atoms with Crippen molar-refractivity contribution in [2.75, 3.05) is 19.0 Å². The van der Waals surface area contributed by atoms with Crippen LogP contribution in [0.4, 0.5) is 5.82 Å². The van der Waals surface area contributed by atoms with Crippen molar-refractivity contribution in [3.8, 4) is 5.75 Å². The van der Waals surface area contributed by atoms with Gasteiger partial charge in [-0.1, -0.05) is 12.1 Å². The van der Waals surface area contributed by atoms with Gasteiger partial charge in [-0.05, 0) is 36.5 Å². The normalized spacial score (nSPS) is 26.8. The van der Waals surface area contributed by atoms with Crippen molar-refractivity contribution in [2.24, 2.45) is 5.92 Å². The number of methoxy groups -OCH3 is 1. The zero-order valence-electron chi connectivity index (χ0n) is 17.0. The smallest absolute Gasteiger partial charge is 0.167 e. The van der Waals surface area contributed by atoms with Crippen LogP contribution in [0.25, 0.3) is 11.2 Å². The van der Waals surface area contributed by atoms with E-state index in [0.29, 0.717) is 22.9 Å². The van der Waals surface area contributed by atoms with Crippen LogP contribution in [0.5, 0.6) is 5.75 Å². The molecule has 2 aliphatic rings. The lowest BCUT2D eigenvalue weighted by atomic mass is 10.0.